The molecule has 0 aliphatic heterocycles. The SMILES string of the molecule is C[C@H](N)c1ccc(/C=C/C(=O)O)cc1. The van der Waals surface area contributed by atoms with Gasteiger partial charge in [0, 0.05) is 12.1 Å². The van der Waals surface area contributed by atoms with Crippen molar-refractivity contribution in [1.29, 1.82) is 0 Å². The third-order valence-electron chi connectivity index (χ3n) is 1.88. The van der Waals surface area contributed by atoms with Crippen molar-refractivity contribution in [3.8, 4) is 0 Å². The van der Waals surface area contributed by atoms with E-state index in [4.69, 9.17) is 10.8 Å². The highest BCUT2D eigenvalue weighted by Gasteiger charge is 1.97. The maximum absolute atomic E-state index is 10.2. The molecular formula is C11H13NO2. The van der Waals surface area contributed by atoms with Crippen molar-refractivity contribution in [1.82, 2.24) is 0 Å². The lowest BCUT2D eigenvalue weighted by molar-refractivity contribution is -0.131. The second-order valence-electron chi connectivity index (χ2n) is 3.13. The van der Waals surface area contributed by atoms with Gasteiger partial charge in [-0.15, -0.1) is 0 Å². The van der Waals surface area contributed by atoms with Crippen molar-refractivity contribution >= 4 is 12.0 Å². The van der Waals surface area contributed by atoms with Gasteiger partial charge in [0.15, 0.2) is 0 Å². The van der Waals surface area contributed by atoms with E-state index in [0.29, 0.717) is 0 Å². The van der Waals surface area contributed by atoms with Crippen molar-refractivity contribution in [3.63, 3.8) is 0 Å². The molecule has 1 aromatic carbocycles. The van der Waals surface area contributed by atoms with Crippen LogP contribution in [0.3, 0.4) is 0 Å². The Bertz CT molecular complexity index is 339. The Labute approximate surface area is 82.9 Å². The van der Waals surface area contributed by atoms with Crippen LogP contribution < -0.4 is 5.73 Å². The minimum atomic E-state index is -0.943. The zero-order valence-electron chi connectivity index (χ0n) is 7.97. The van der Waals surface area contributed by atoms with Crippen LogP contribution in [-0.2, 0) is 4.79 Å². The topological polar surface area (TPSA) is 63.3 Å². The van der Waals surface area contributed by atoms with Crippen molar-refractivity contribution in [2.45, 2.75) is 13.0 Å². The first kappa shape index (κ1) is 10.5. The van der Waals surface area contributed by atoms with Gasteiger partial charge in [0.05, 0.1) is 0 Å². The van der Waals surface area contributed by atoms with E-state index in [2.05, 4.69) is 0 Å². The van der Waals surface area contributed by atoms with E-state index in [0.717, 1.165) is 17.2 Å². The molecular weight excluding hydrogens is 178 g/mol. The van der Waals surface area contributed by atoms with Gasteiger partial charge in [-0.3, -0.25) is 0 Å². The molecule has 0 bridgehead atoms. The monoisotopic (exact) mass is 191 g/mol. The molecule has 3 N–H and O–H groups in total. The minimum absolute atomic E-state index is 0.00695. The van der Waals surface area contributed by atoms with E-state index in [9.17, 15) is 4.79 Å². The average Bonchev–Trinajstić information content (AvgIpc) is 2.15. The van der Waals surface area contributed by atoms with E-state index in [1.165, 1.54) is 0 Å². The summed E-state index contributed by atoms with van der Waals surface area (Å²) in [7, 11) is 0. The average molecular weight is 191 g/mol. The molecule has 0 amide bonds. The Balaban J connectivity index is 2.78. The summed E-state index contributed by atoms with van der Waals surface area (Å²) in [6.07, 6.45) is 2.66. The summed E-state index contributed by atoms with van der Waals surface area (Å²) < 4.78 is 0. The van der Waals surface area contributed by atoms with Crippen LogP contribution in [0, 0.1) is 0 Å². The largest absolute Gasteiger partial charge is 0.478 e. The molecule has 3 nitrogen and oxygen atoms in total. The predicted octanol–water partition coefficient (Wildman–Crippen LogP) is 1.80. The molecule has 0 saturated carbocycles. The molecule has 1 atom stereocenters. The molecule has 74 valence electrons. The number of rotatable bonds is 3. The predicted molar refractivity (Wildman–Crippen MR) is 55.7 cm³/mol. The fraction of sp³-hybridized carbons (Fsp3) is 0.182. The minimum Gasteiger partial charge on any atom is -0.478 e. The molecule has 0 saturated heterocycles. The highest BCUT2D eigenvalue weighted by atomic mass is 16.4. The summed E-state index contributed by atoms with van der Waals surface area (Å²) in [5, 5.41) is 8.41. The summed E-state index contributed by atoms with van der Waals surface area (Å²) in [6, 6.07) is 7.49. The standard InChI is InChI=1S/C11H13NO2/c1-8(12)10-5-2-9(3-6-10)4-7-11(13)14/h2-8H,12H2,1H3,(H,13,14)/b7-4+/t8-/m0/s1. The van der Waals surface area contributed by atoms with Gasteiger partial charge >= 0.3 is 5.97 Å². The summed E-state index contributed by atoms with van der Waals surface area (Å²) in [6.45, 7) is 1.90. The normalized spacial score (nSPS) is 13.0. The molecule has 0 fully saturated rings. The molecule has 14 heavy (non-hydrogen) atoms. The van der Waals surface area contributed by atoms with Gasteiger partial charge in [-0.05, 0) is 24.1 Å². The molecule has 0 unspecified atom stereocenters. The van der Waals surface area contributed by atoms with Crippen molar-refractivity contribution in [3.05, 3.63) is 41.5 Å². The van der Waals surface area contributed by atoms with Crippen molar-refractivity contribution in [2.75, 3.05) is 0 Å². The van der Waals surface area contributed by atoms with E-state index in [-0.39, 0.29) is 6.04 Å². The molecule has 0 aliphatic rings. The van der Waals surface area contributed by atoms with Crippen LogP contribution in [0.25, 0.3) is 6.08 Å². The van der Waals surface area contributed by atoms with Crippen LogP contribution in [0.2, 0.25) is 0 Å². The molecule has 1 rings (SSSR count). The smallest absolute Gasteiger partial charge is 0.328 e. The lowest BCUT2D eigenvalue weighted by atomic mass is 10.1. The number of carboxylic acids is 1. The quantitative estimate of drug-likeness (QED) is 0.716. The molecule has 0 radical (unpaired) electrons. The van der Waals surface area contributed by atoms with Crippen LogP contribution in [-0.4, -0.2) is 11.1 Å². The maximum Gasteiger partial charge on any atom is 0.328 e. The number of carbonyl (C=O) groups is 1. The van der Waals surface area contributed by atoms with Crippen molar-refractivity contribution in [2.24, 2.45) is 5.73 Å². The highest BCUT2D eigenvalue weighted by Crippen LogP contribution is 2.11. The van der Waals surface area contributed by atoms with Crippen LogP contribution in [0.15, 0.2) is 30.3 Å². The van der Waals surface area contributed by atoms with Gasteiger partial charge < -0.3 is 10.8 Å². The second kappa shape index (κ2) is 4.58. The number of nitrogens with two attached hydrogens (primary N) is 1. The third-order valence-corrected chi connectivity index (χ3v) is 1.88. The van der Waals surface area contributed by atoms with Crippen LogP contribution >= 0.6 is 0 Å². The molecule has 0 aromatic heterocycles. The first-order valence-electron chi connectivity index (χ1n) is 4.36. The Morgan fingerprint density at radius 2 is 2.00 bits per heavy atom. The Hall–Kier alpha value is -1.61. The van der Waals surface area contributed by atoms with Gasteiger partial charge in [-0.25, -0.2) is 4.79 Å². The van der Waals surface area contributed by atoms with E-state index in [1.807, 2.05) is 31.2 Å². The molecule has 0 heterocycles. The van der Waals surface area contributed by atoms with Gasteiger partial charge in [0.1, 0.15) is 0 Å². The molecule has 0 spiro atoms. The lowest BCUT2D eigenvalue weighted by Gasteiger charge is -2.04. The van der Waals surface area contributed by atoms with Crippen molar-refractivity contribution < 1.29 is 9.90 Å². The first-order valence-corrected chi connectivity index (χ1v) is 4.36. The van der Waals surface area contributed by atoms with Crippen LogP contribution in [0.4, 0.5) is 0 Å². The zero-order valence-corrected chi connectivity index (χ0v) is 7.97. The van der Waals surface area contributed by atoms with Gasteiger partial charge in [-0.2, -0.15) is 0 Å². The van der Waals surface area contributed by atoms with Gasteiger partial charge in [-0.1, -0.05) is 24.3 Å². The Kier molecular flexibility index (Phi) is 3.42. The second-order valence-corrected chi connectivity index (χ2v) is 3.13. The zero-order chi connectivity index (χ0) is 10.6. The van der Waals surface area contributed by atoms with Crippen LogP contribution in [0.1, 0.15) is 24.1 Å². The number of hydrogen-bond acceptors (Lipinski definition) is 2. The summed E-state index contributed by atoms with van der Waals surface area (Å²) in [4.78, 5) is 10.2. The van der Waals surface area contributed by atoms with E-state index in [1.54, 1.807) is 6.08 Å². The van der Waals surface area contributed by atoms with Gasteiger partial charge in [0.2, 0.25) is 0 Å². The summed E-state index contributed by atoms with van der Waals surface area (Å²) in [5.74, 6) is -0.943. The fourth-order valence-corrected chi connectivity index (χ4v) is 1.08. The summed E-state index contributed by atoms with van der Waals surface area (Å²) in [5.41, 5.74) is 7.57. The van der Waals surface area contributed by atoms with E-state index >= 15 is 0 Å². The Morgan fingerprint density at radius 1 is 1.43 bits per heavy atom. The van der Waals surface area contributed by atoms with Gasteiger partial charge in [0.25, 0.3) is 0 Å². The lowest BCUT2D eigenvalue weighted by Crippen LogP contribution is -2.04. The maximum atomic E-state index is 10.2. The number of benzene rings is 1. The van der Waals surface area contributed by atoms with Crippen LogP contribution in [0.5, 0.6) is 0 Å². The number of hydrogen-bond donors (Lipinski definition) is 2. The first-order chi connectivity index (χ1) is 6.59. The summed E-state index contributed by atoms with van der Waals surface area (Å²) >= 11 is 0. The molecule has 3 heteroatoms. The number of aliphatic carboxylic acids is 1. The Morgan fingerprint density at radius 3 is 2.43 bits per heavy atom. The molecule has 1 aromatic rings. The third kappa shape index (κ3) is 3.03. The number of carboxylic acid groups (broad SMARTS) is 1. The highest BCUT2D eigenvalue weighted by molar-refractivity contribution is 5.85. The molecule has 0 aliphatic carbocycles. The van der Waals surface area contributed by atoms with E-state index < -0.39 is 5.97 Å². The fourth-order valence-electron chi connectivity index (χ4n) is 1.08.